The van der Waals surface area contributed by atoms with Crippen LogP contribution in [0.25, 0.3) is 0 Å². The van der Waals surface area contributed by atoms with Crippen molar-refractivity contribution in [2.24, 2.45) is 0 Å². The highest BCUT2D eigenvalue weighted by molar-refractivity contribution is 6.27. The molecule has 1 amide bonds. The largest absolute Gasteiger partial charge is 0.417 e. The fourth-order valence-electron chi connectivity index (χ4n) is 0.803. The molecule has 0 aromatic carbocycles. The van der Waals surface area contributed by atoms with Gasteiger partial charge in [-0.15, -0.1) is 11.6 Å². The van der Waals surface area contributed by atoms with Crippen LogP contribution in [0.5, 0.6) is 0 Å². The molecule has 0 radical (unpaired) electrons. The number of aromatic nitrogens is 1. The second-order valence-corrected chi connectivity index (χ2v) is 3.00. The highest BCUT2D eigenvalue weighted by Crippen LogP contribution is 2.28. The molecule has 4 nitrogen and oxygen atoms in total. The van der Waals surface area contributed by atoms with Crippen molar-refractivity contribution in [3.63, 3.8) is 0 Å². The monoisotopic (exact) mass is 253 g/mol. The lowest BCUT2D eigenvalue weighted by Crippen LogP contribution is -2.30. The molecule has 0 saturated carbocycles. The van der Waals surface area contributed by atoms with Crippen molar-refractivity contribution in [3.8, 4) is 0 Å². The summed E-state index contributed by atoms with van der Waals surface area (Å²) in [7, 11) is 0. The van der Waals surface area contributed by atoms with Crippen molar-refractivity contribution < 1.29 is 18.0 Å². The van der Waals surface area contributed by atoms with E-state index in [1.54, 1.807) is 0 Å². The molecule has 2 N–H and O–H groups in total. The number of nitrogens with zero attached hydrogens (tertiary/aromatic N) is 1. The van der Waals surface area contributed by atoms with Crippen LogP contribution in [0.4, 0.5) is 19.0 Å². The van der Waals surface area contributed by atoms with Gasteiger partial charge in [-0.3, -0.25) is 15.6 Å². The van der Waals surface area contributed by atoms with E-state index in [2.05, 4.69) is 15.8 Å². The molecule has 1 heterocycles. The van der Waals surface area contributed by atoms with E-state index in [1.165, 1.54) is 0 Å². The number of pyridine rings is 1. The Labute approximate surface area is 93.8 Å². The van der Waals surface area contributed by atoms with Gasteiger partial charge in [0, 0.05) is 6.20 Å². The number of hydrazine groups is 1. The van der Waals surface area contributed by atoms with Crippen LogP contribution in [-0.2, 0) is 11.0 Å². The third kappa shape index (κ3) is 3.58. The van der Waals surface area contributed by atoms with Gasteiger partial charge in [0.05, 0.1) is 5.56 Å². The summed E-state index contributed by atoms with van der Waals surface area (Å²) in [5.74, 6) is -0.678. The Morgan fingerprint density at radius 2 is 2.12 bits per heavy atom. The van der Waals surface area contributed by atoms with Crippen LogP contribution in [0.3, 0.4) is 0 Å². The van der Waals surface area contributed by atoms with E-state index >= 15 is 0 Å². The second-order valence-electron chi connectivity index (χ2n) is 2.74. The van der Waals surface area contributed by atoms with Gasteiger partial charge in [-0.25, -0.2) is 4.98 Å². The van der Waals surface area contributed by atoms with E-state index in [-0.39, 0.29) is 11.7 Å². The SMILES string of the molecule is O=C(CCl)NNc1ccc(C(F)(F)F)cn1. The molecule has 0 spiro atoms. The fourth-order valence-corrected chi connectivity index (χ4v) is 0.869. The van der Waals surface area contributed by atoms with E-state index in [4.69, 9.17) is 11.6 Å². The van der Waals surface area contributed by atoms with E-state index in [1.807, 2.05) is 0 Å². The van der Waals surface area contributed by atoms with Gasteiger partial charge in [0.1, 0.15) is 11.7 Å². The summed E-state index contributed by atoms with van der Waals surface area (Å²) in [6, 6.07) is 1.94. The van der Waals surface area contributed by atoms with Gasteiger partial charge in [0.25, 0.3) is 5.91 Å². The van der Waals surface area contributed by atoms with E-state index in [0.717, 1.165) is 12.1 Å². The van der Waals surface area contributed by atoms with Crippen LogP contribution in [0.2, 0.25) is 0 Å². The molecule has 88 valence electrons. The number of nitrogens with one attached hydrogen (secondary N) is 2. The number of hydrogen-bond acceptors (Lipinski definition) is 3. The molecule has 0 unspecified atom stereocenters. The Bertz CT molecular complexity index is 366. The average molecular weight is 254 g/mol. The molecule has 0 bridgehead atoms. The van der Waals surface area contributed by atoms with E-state index < -0.39 is 17.6 Å². The van der Waals surface area contributed by atoms with Crippen molar-refractivity contribution in [1.29, 1.82) is 0 Å². The lowest BCUT2D eigenvalue weighted by atomic mass is 10.3. The maximum Gasteiger partial charge on any atom is 0.417 e. The lowest BCUT2D eigenvalue weighted by molar-refractivity contribution is -0.137. The minimum Gasteiger partial charge on any atom is -0.282 e. The highest BCUT2D eigenvalue weighted by Gasteiger charge is 2.30. The van der Waals surface area contributed by atoms with Crippen molar-refractivity contribution >= 4 is 23.3 Å². The van der Waals surface area contributed by atoms with Crippen LogP contribution in [0.1, 0.15) is 5.56 Å². The third-order valence-corrected chi connectivity index (χ3v) is 1.78. The molecule has 1 aromatic heterocycles. The molecule has 1 aromatic rings. The van der Waals surface area contributed by atoms with Crippen molar-refractivity contribution in [1.82, 2.24) is 10.4 Å². The summed E-state index contributed by atoms with van der Waals surface area (Å²) in [6.45, 7) is 0. The normalized spacial score (nSPS) is 11.0. The predicted octanol–water partition coefficient (Wildman–Crippen LogP) is 1.78. The van der Waals surface area contributed by atoms with Gasteiger partial charge in [-0.05, 0) is 12.1 Å². The zero-order valence-corrected chi connectivity index (χ0v) is 8.56. The minimum atomic E-state index is -4.43. The molecular formula is C8H7ClF3N3O. The summed E-state index contributed by atoms with van der Waals surface area (Å²) in [5, 5.41) is 0. The molecule has 0 saturated heterocycles. The summed E-state index contributed by atoms with van der Waals surface area (Å²) in [6.07, 6.45) is -3.76. The maximum absolute atomic E-state index is 12.1. The smallest absolute Gasteiger partial charge is 0.282 e. The Kier molecular flexibility index (Phi) is 3.94. The number of carbonyl (C=O) groups excluding carboxylic acids is 1. The van der Waals surface area contributed by atoms with Gasteiger partial charge in [-0.2, -0.15) is 13.2 Å². The quantitative estimate of drug-likeness (QED) is 0.638. The molecule has 0 aliphatic heterocycles. The first-order valence-electron chi connectivity index (χ1n) is 4.07. The number of hydrogen-bond donors (Lipinski definition) is 2. The number of halogens is 4. The Morgan fingerprint density at radius 1 is 1.44 bits per heavy atom. The summed E-state index contributed by atoms with van der Waals surface area (Å²) in [5.41, 5.74) is 3.59. The lowest BCUT2D eigenvalue weighted by Gasteiger charge is -2.08. The third-order valence-electron chi connectivity index (χ3n) is 1.54. The summed E-state index contributed by atoms with van der Waals surface area (Å²) in [4.78, 5) is 14.2. The van der Waals surface area contributed by atoms with Crippen LogP contribution in [-0.4, -0.2) is 16.8 Å². The van der Waals surface area contributed by atoms with E-state index in [9.17, 15) is 18.0 Å². The standard InChI is InChI=1S/C8H7ClF3N3O/c9-3-7(16)15-14-6-2-1-5(4-13-6)8(10,11)12/h1-2,4H,3H2,(H,13,14)(H,15,16). The number of alkyl halides is 4. The summed E-state index contributed by atoms with van der Waals surface area (Å²) < 4.78 is 36.4. The van der Waals surface area contributed by atoms with Gasteiger partial charge in [0.2, 0.25) is 0 Å². The first-order valence-corrected chi connectivity index (χ1v) is 4.61. The van der Waals surface area contributed by atoms with Crippen molar-refractivity contribution in [2.75, 3.05) is 11.3 Å². The molecule has 0 fully saturated rings. The number of carbonyl (C=O) groups is 1. The van der Waals surface area contributed by atoms with E-state index in [0.29, 0.717) is 6.20 Å². The summed E-state index contributed by atoms with van der Waals surface area (Å²) >= 11 is 5.18. The topological polar surface area (TPSA) is 54.0 Å². The first-order chi connectivity index (χ1) is 7.43. The Balaban J connectivity index is 2.62. The van der Waals surface area contributed by atoms with Crippen LogP contribution in [0.15, 0.2) is 18.3 Å². The maximum atomic E-state index is 12.1. The molecule has 0 aliphatic carbocycles. The first kappa shape index (κ1) is 12.6. The van der Waals surface area contributed by atoms with Crippen LogP contribution >= 0.6 is 11.6 Å². The minimum absolute atomic E-state index is 0.0893. The van der Waals surface area contributed by atoms with Crippen LogP contribution in [0, 0.1) is 0 Å². The highest BCUT2D eigenvalue weighted by atomic mass is 35.5. The Hall–Kier alpha value is -1.50. The average Bonchev–Trinajstić information content (AvgIpc) is 2.25. The van der Waals surface area contributed by atoms with Crippen LogP contribution < -0.4 is 10.9 Å². The number of rotatable bonds is 3. The molecule has 1 rings (SSSR count). The number of amides is 1. The molecule has 0 atom stereocenters. The van der Waals surface area contributed by atoms with Crippen molar-refractivity contribution in [2.45, 2.75) is 6.18 Å². The zero-order valence-electron chi connectivity index (χ0n) is 7.81. The Morgan fingerprint density at radius 3 is 2.56 bits per heavy atom. The van der Waals surface area contributed by atoms with Crippen molar-refractivity contribution in [3.05, 3.63) is 23.9 Å². The second kappa shape index (κ2) is 5.02. The van der Waals surface area contributed by atoms with Gasteiger partial charge < -0.3 is 0 Å². The molecule has 0 aliphatic rings. The van der Waals surface area contributed by atoms with Gasteiger partial charge in [-0.1, -0.05) is 0 Å². The van der Waals surface area contributed by atoms with Gasteiger partial charge in [0.15, 0.2) is 0 Å². The predicted molar refractivity (Wildman–Crippen MR) is 51.7 cm³/mol. The molecular weight excluding hydrogens is 247 g/mol. The molecule has 8 heteroatoms. The zero-order chi connectivity index (χ0) is 12.2. The number of anilines is 1. The fraction of sp³-hybridized carbons (Fsp3) is 0.250. The molecule has 16 heavy (non-hydrogen) atoms. The van der Waals surface area contributed by atoms with Gasteiger partial charge >= 0.3 is 6.18 Å².